The van der Waals surface area contributed by atoms with E-state index in [2.05, 4.69) is 15.0 Å². The van der Waals surface area contributed by atoms with E-state index in [0.717, 1.165) is 17.7 Å². The Morgan fingerprint density at radius 3 is 2.60 bits per heavy atom. The molecule has 2 aromatic heterocycles. The van der Waals surface area contributed by atoms with Crippen LogP contribution >= 0.6 is 0 Å². The van der Waals surface area contributed by atoms with Crippen molar-refractivity contribution in [2.45, 2.75) is 19.6 Å². The predicted molar refractivity (Wildman–Crippen MR) is 81.7 cm³/mol. The Labute approximate surface area is 142 Å². The van der Waals surface area contributed by atoms with E-state index in [9.17, 15) is 18.0 Å². The number of hydrogen-bond acceptors (Lipinski definition) is 5. The highest BCUT2D eigenvalue weighted by Gasteiger charge is 2.38. The summed E-state index contributed by atoms with van der Waals surface area (Å²) >= 11 is 0. The number of halogens is 3. The van der Waals surface area contributed by atoms with E-state index >= 15 is 0 Å². The van der Waals surface area contributed by atoms with Crippen molar-refractivity contribution in [3.8, 4) is 0 Å². The number of carbonyl (C=O) groups is 1. The standard InChI is InChI=1S/C16H17F3N4O2/c1-11-9-12(25-21-11)10-22-5-7-23(8-6-22)15(24)13-3-2-4-20-14(13)16(17,18)19/h2-4,9H,5-8,10H2,1H3. The van der Waals surface area contributed by atoms with Gasteiger partial charge in [-0.3, -0.25) is 14.7 Å². The quantitative estimate of drug-likeness (QED) is 0.847. The number of aromatic nitrogens is 2. The average molecular weight is 354 g/mol. The molecule has 1 aliphatic heterocycles. The van der Waals surface area contributed by atoms with Crippen LogP contribution in [-0.2, 0) is 12.7 Å². The van der Waals surface area contributed by atoms with Gasteiger partial charge in [0.15, 0.2) is 11.5 Å². The molecule has 25 heavy (non-hydrogen) atoms. The molecule has 0 spiro atoms. The van der Waals surface area contributed by atoms with E-state index in [0.29, 0.717) is 32.7 Å². The molecule has 1 amide bonds. The first-order valence-electron chi connectivity index (χ1n) is 7.80. The van der Waals surface area contributed by atoms with Gasteiger partial charge in [0.05, 0.1) is 17.8 Å². The molecule has 0 bridgehead atoms. The van der Waals surface area contributed by atoms with E-state index in [1.54, 1.807) is 0 Å². The zero-order valence-electron chi connectivity index (χ0n) is 13.6. The predicted octanol–water partition coefficient (Wildman–Crippen LogP) is 2.35. The molecule has 2 aromatic rings. The summed E-state index contributed by atoms with van der Waals surface area (Å²) in [6, 6.07) is 4.34. The molecule has 0 saturated carbocycles. The normalized spacial score (nSPS) is 16.2. The highest BCUT2D eigenvalue weighted by molar-refractivity contribution is 5.95. The summed E-state index contributed by atoms with van der Waals surface area (Å²) in [5.41, 5.74) is -0.756. The highest BCUT2D eigenvalue weighted by Crippen LogP contribution is 2.30. The van der Waals surface area contributed by atoms with Crippen LogP contribution < -0.4 is 0 Å². The van der Waals surface area contributed by atoms with Gasteiger partial charge in [-0.05, 0) is 19.1 Å². The van der Waals surface area contributed by atoms with E-state index < -0.39 is 23.3 Å². The van der Waals surface area contributed by atoms with Crippen molar-refractivity contribution in [2.24, 2.45) is 0 Å². The lowest BCUT2D eigenvalue weighted by Crippen LogP contribution is -2.48. The molecule has 0 radical (unpaired) electrons. The van der Waals surface area contributed by atoms with E-state index in [-0.39, 0.29) is 0 Å². The van der Waals surface area contributed by atoms with Crippen LogP contribution in [0.3, 0.4) is 0 Å². The van der Waals surface area contributed by atoms with Gasteiger partial charge in [-0.25, -0.2) is 0 Å². The summed E-state index contributed by atoms with van der Waals surface area (Å²) in [4.78, 5) is 19.3. The Bertz CT molecular complexity index is 752. The first kappa shape index (κ1) is 17.4. The van der Waals surface area contributed by atoms with Gasteiger partial charge in [-0.1, -0.05) is 5.16 Å². The zero-order valence-corrected chi connectivity index (χ0v) is 13.6. The molecule has 0 unspecified atom stereocenters. The van der Waals surface area contributed by atoms with Crippen molar-refractivity contribution in [3.05, 3.63) is 47.1 Å². The summed E-state index contributed by atoms with van der Waals surface area (Å²) in [5, 5.41) is 3.82. The van der Waals surface area contributed by atoms with Gasteiger partial charge in [0.2, 0.25) is 0 Å². The Balaban J connectivity index is 1.64. The summed E-state index contributed by atoms with van der Waals surface area (Å²) in [6.45, 7) is 4.18. The van der Waals surface area contributed by atoms with Crippen LogP contribution in [0.15, 0.2) is 28.9 Å². The maximum Gasteiger partial charge on any atom is 0.434 e. The van der Waals surface area contributed by atoms with Crippen molar-refractivity contribution in [2.75, 3.05) is 26.2 Å². The fourth-order valence-electron chi connectivity index (χ4n) is 2.79. The summed E-state index contributed by atoms with van der Waals surface area (Å²) in [5.74, 6) is 0.0829. The lowest BCUT2D eigenvalue weighted by molar-refractivity contribution is -0.141. The Kier molecular flexibility index (Phi) is 4.76. The Morgan fingerprint density at radius 1 is 1.28 bits per heavy atom. The lowest BCUT2D eigenvalue weighted by atomic mass is 10.1. The molecule has 1 aliphatic rings. The number of nitrogens with zero attached hydrogens (tertiary/aromatic N) is 4. The lowest BCUT2D eigenvalue weighted by Gasteiger charge is -2.34. The second-order valence-electron chi connectivity index (χ2n) is 5.90. The van der Waals surface area contributed by atoms with Gasteiger partial charge >= 0.3 is 6.18 Å². The maximum absolute atomic E-state index is 13.0. The topological polar surface area (TPSA) is 62.5 Å². The van der Waals surface area contributed by atoms with E-state index in [4.69, 9.17) is 4.52 Å². The van der Waals surface area contributed by atoms with Crippen LogP contribution in [0.1, 0.15) is 27.5 Å². The minimum Gasteiger partial charge on any atom is -0.360 e. The number of pyridine rings is 1. The molecule has 0 aromatic carbocycles. The minimum atomic E-state index is -4.65. The molecule has 0 aliphatic carbocycles. The second kappa shape index (κ2) is 6.83. The average Bonchev–Trinajstić information content (AvgIpc) is 2.99. The van der Waals surface area contributed by atoms with Gasteiger partial charge in [0.25, 0.3) is 5.91 Å². The number of hydrogen-bond donors (Lipinski definition) is 0. The number of alkyl halides is 3. The fourth-order valence-corrected chi connectivity index (χ4v) is 2.79. The summed E-state index contributed by atoms with van der Waals surface area (Å²) in [7, 11) is 0. The van der Waals surface area contributed by atoms with Gasteiger partial charge < -0.3 is 9.42 Å². The van der Waals surface area contributed by atoms with Crippen LogP contribution in [0.5, 0.6) is 0 Å². The first-order chi connectivity index (χ1) is 11.8. The van der Waals surface area contributed by atoms with Crippen molar-refractivity contribution >= 4 is 5.91 Å². The molecular weight excluding hydrogens is 337 g/mol. The van der Waals surface area contributed by atoms with Crippen LogP contribution in [-0.4, -0.2) is 52.0 Å². The number of carbonyl (C=O) groups excluding carboxylic acids is 1. The fraction of sp³-hybridized carbons (Fsp3) is 0.438. The third-order valence-corrected chi connectivity index (χ3v) is 4.02. The number of rotatable bonds is 3. The number of aryl methyl sites for hydroxylation is 1. The van der Waals surface area contributed by atoms with Crippen molar-refractivity contribution in [3.63, 3.8) is 0 Å². The van der Waals surface area contributed by atoms with Crippen LogP contribution in [0.2, 0.25) is 0 Å². The SMILES string of the molecule is Cc1cc(CN2CCN(C(=O)c3cccnc3C(F)(F)F)CC2)on1. The third kappa shape index (κ3) is 3.98. The Hall–Kier alpha value is -2.42. The van der Waals surface area contributed by atoms with Gasteiger partial charge in [0, 0.05) is 38.4 Å². The van der Waals surface area contributed by atoms with Crippen molar-refractivity contribution < 1.29 is 22.5 Å². The number of amides is 1. The molecule has 6 nitrogen and oxygen atoms in total. The smallest absolute Gasteiger partial charge is 0.360 e. The zero-order chi connectivity index (χ0) is 18.0. The third-order valence-electron chi connectivity index (χ3n) is 4.02. The molecule has 134 valence electrons. The highest BCUT2D eigenvalue weighted by atomic mass is 19.4. The molecule has 0 atom stereocenters. The molecule has 3 heterocycles. The van der Waals surface area contributed by atoms with Gasteiger partial charge in [-0.15, -0.1) is 0 Å². The van der Waals surface area contributed by atoms with Crippen molar-refractivity contribution in [1.82, 2.24) is 19.9 Å². The molecule has 1 fully saturated rings. The molecule has 0 N–H and O–H groups in total. The summed E-state index contributed by atoms with van der Waals surface area (Å²) in [6.07, 6.45) is -3.62. The monoisotopic (exact) mass is 354 g/mol. The molecule has 1 saturated heterocycles. The Morgan fingerprint density at radius 2 is 2.00 bits per heavy atom. The van der Waals surface area contributed by atoms with Gasteiger partial charge in [0.1, 0.15) is 0 Å². The van der Waals surface area contributed by atoms with Crippen molar-refractivity contribution in [1.29, 1.82) is 0 Å². The van der Waals surface area contributed by atoms with Gasteiger partial charge in [-0.2, -0.15) is 13.2 Å². The van der Waals surface area contributed by atoms with Crippen LogP contribution in [0.25, 0.3) is 0 Å². The van der Waals surface area contributed by atoms with E-state index in [1.807, 2.05) is 13.0 Å². The molecule has 9 heteroatoms. The second-order valence-corrected chi connectivity index (χ2v) is 5.90. The number of piperazine rings is 1. The maximum atomic E-state index is 13.0. The molecular formula is C16H17F3N4O2. The summed E-state index contributed by atoms with van der Waals surface area (Å²) < 4.78 is 44.2. The largest absolute Gasteiger partial charge is 0.434 e. The van der Waals surface area contributed by atoms with Crippen LogP contribution in [0.4, 0.5) is 13.2 Å². The van der Waals surface area contributed by atoms with Crippen LogP contribution in [0, 0.1) is 6.92 Å². The minimum absolute atomic E-state index is 0.345. The molecule has 3 rings (SSSR count). The first-order valence-corrected chi connectivity index (χ1v) is 7.80. The van der Waals surface area contributed by atoms with E-state index in [1.165, 1.54) is 17.0 Å².